The van der Waals surface area contributed by atoms with Crippen molar-refractivity contribution in [2.75, 3.05) is 14.2 Å². The number of ether oxygens (including phenoxy) is 2. The van der Waals surface area contributed by atoms with Gasteiger partial charge in [0.25, 0.3) is 11.8 Å². The maximum atomic E-state index is 11.8. The van der Waals surface area contributed by atoms with E-state index in [9.17, 15) is 19.2 Å². The van der Waals surface area contributed by atoms with Crippen LogP contribution in [0.5, 0.6) is 0 Å². The molecule has 0 aromatic heterocycles. The van der Waals surface area contributed by atoms with Crippen molar-refractivity contribution in [1.82, 2.24) is 20.4 Å². The Kier molecular flexibility index (Phi) is 7.65. The second-order valence-electron chi connectivity index (χ2n) is 8.15. The van der Waals surface area contributed by atoms with E-state index in [1.165, 1.54) is 32.0 Å². The lowest BCUT2D eigenvalue weighted by atomic mass is 9.94. The summed E-state index contributed by atoms with van der Waals surface area (Å²) >= 11 is 0. The fourth-order valence-electron chi connectivity index (χ4n) is 4.72. The number of amides is 6. The van der Waals surface area contributed by atoms with Gasteiger partial charge >= 0.3 is 12.1 Å². The minimum absolute atomic E-state index is 0.0754. The van der Waals surface area contributed by atoms with Crippen LogP contribution >= 0.6 is 0 Å². The van der Waals surface area contributed by atoms with E-state index in [-0.39, 0.29) is 36.0 Å². The Morgan fingerprint density at radius 1 is 0.767 bits per heavy atom. The maximum absolute atomic E-state index is 11.8. The Bertz CT molecular complexity index is 658. The topological polar surface area (TPSA) is 117 Å². The van der Waals surface area contributed by atoms with Crippen LogP contribution in [0.2, 0.25) is 0 Å². The molecule has 0 spiro atoms. The average Bonchev–Trinajstić information content (AvgIpc) is 3.22. The molecule has 0 bridgehead atoms. The number of carbonyl (C=O) groups is 4. The van der Waals surface area contributed by atoms with Gasteiger partial charge in [0, 0.05) is 26.3 Å². The molecule has 4 aliphatic rings. The normalized spacial score (nSPS) is 28.3. The predicted octanol–water partition coefficient (Wildman–Crippen LogP) is 1.69. The lowest BCUT2D eigenvalue weighted by Gasteiger charge is -2.32. The molecular weight excluding hydrogens is 392 g/mol. The fourth-order valence-corrected chi connectivity index (χ4v) is 4.72. The monoisotopic (exact) mass is 424 g/mol. The Morgan fingerprint density at radius 2 is 1.33 bits per heavy atom. The summed E-state index contributed by atoms with van der Waals surface area (Å²) in [5.74, 6) is -0.581. The van der Waals surface area contributed by atoms with E-state index in [2.05, 4.69) is 10.6 Å². The minimum Gasteiger partial charge on any atom is -0.353 e. The molecule has 0 radical (unpaired) electrons. The molecule has 2 aliphatic heterocycles. The van der Waals surface area contributed by atoms with Crippen molar-refractivity contribution in [3.8, 4) is 0 Å². The molecule has 10 heteroatoms. The van der Waals surface area contributed by atoms with E-state index in [1.54, 1.807) is 4.90 Å². The number of imide groups is 2. The van der Waals surface area contributed by atoms with Gasteiger partial charge in [-0.3, -0.25) is 24.7 Å². The van der Waals surface area contributed by atoms with Crippen LogP contribution in [0.1, 0.15) is 64.2 Å². The van der Waals surface area contributed by atoms with E-state index in [1.807, 2.05) is 0 Å². The highest BCUT2D eigenvalue weighted by molar-refractivity contribution is 6.04. The molecular formula is C20H32N4O6. The summed E-state index contributed by atoms with van der Waals surface area (Å²) in [7, 11) is 2.88. The molecule has 2 N–H and O–H groups in total. The largest absolute Gasteiger partial charge is 0.353 e. The van der Waals surface area contributed by atoms with Crippen LogP contribution in [0.3, 0.4) is 0 Å². The zero-order valence-electron chi connectivity index (χ0n) is 17.7. The number of hydrogen-bond donors (Lipinski definition) is 2. The summed E-state index contributed by atoms with van der Waals surface area (Å²) in [6.07, 6.45) is 9.16. The zero-order valence-corrected chi connectivity index (χ0v) is 17.7. The highest BCUT2D eigenvalue weighted by atomic mass is 16.5. The van der Waals surface area contributed by atoms with Crippen LogP contribution in [-0.2, 0) is 19.1 Å². The van der Waals surface area contributed by atoms with E-state index in [0.29, 0.717) is 0 Å². The first kappa shape index (κ1) is 22.5. The van der Waals surface area contributed by atoms with Crippen molar-refractivity contribution >= 4 is 23.9 Å². The number of nitrogens with zero attached hydrogens (tertiary/aromatic N) is 2. The molecule has 168 valence electrons. The number of hydrogen-bond acceptors (Lipinski definition) is 6. The van der Waals surface area contributed by atoms with E-state index in [0.717, 1.165) is 51.4 Å². The van der Waals surface area contributed by atoms with Crippen LogP contribution < -0.4 is 10.6 Å². The molecule has 2 atom stereocenters. The lowest BCUT2D eigenvalue weighted by Crippen LogP contribution is -2.45. The number of carbonyl (C=O) groups excluding carboxylic acids is 4. The Balaban J connectivity index is 0.000000171. The summed E-state index contributed by atoms with van der Waals surface area (Å²) in [5, 5.41) is 4.80. The van der Waals surface area contributed by atoms with Gasteiger partial charge in [0.15, 0.2) is 0 Å². The van der Waals surface area contributed by atoms with Gasteiger partial charge in [-0.15, -0.1) is 0 Å². The van der Waals surface area contributed by atoms with Crippen molar-refractivity contribution in [3.05, 3.63) is 0 Å². The van der Waals surface area contributed by atoms with Crippen molar-refractivity contribution < 1.29 is 28.7 Å². The summed E-state index contributed by atoms with van der Waals surface area (Å²) in [6, 6.07) is -0.376. The Labute approximate surface area is 176 Å². The summed E-state index contributed by atoms with van der Waals surface area (Å²) in [4.78, 5) is 49.2. The van der Waals surface area contributed by atoms with Crippen LogP contribution in [0, 0.1) is 0 Å². The lowest BCUT2D eigenvalue weighted by molar-refractivity contribution is -0.137. The fraction of sp³-hybridized carbons (Fsp3) is 0.800. The molecule has 6 amide bonds. The van der Waals surface area contributed by atoms with Gasteiger partial charge in [0.2, 0.25) is 12.5 Å². The molecule has 0 aromatic carbocycles. The van der Waals surface area contributed by atoms with Gasteiger partial charge in [0.1, 0.15) is 0 Å². The zero-order chi connectivity index (χ0) is 21.7. The number of methoxy groups -OCH3 is 2. The summed E-state index contributed by atoms with van der Waals surface area (Å²) < 4.78 is 9.94. The molecule has 2 aliphatic carbocycles. The molecule has 4 fully saturated rings. The first-order valence-electron chi connectivity index (χ1n) is 10.8. The first-order chi connectivity index (χ1) is 14.5. The van der Waals surface area contributed by atoms with Gasteiger partial charge < -0.3 is 14.8 Å². The van der Waals surface area contributed by atoms with Gasteiger partial charge in [-0.1, -0.05) is 38.5 Å². The predicted molar refractivity (Wildman–Crippen MR) is 106 cm³/mol. The Morgan fingerprint density at radius 3 is 1.83 bits per heavy atom. The summed E-state index contributed by atoms with van der Waals surface area (Å²) in [6.45, 7) is 0. The molecule has 2 saturated carbocycles. The van der Waals surface area contributed by atoms with E-state index in [4.69, 9.17) is 9.47 Å². The quantitative estimate of drug-likeness (QED) is 0.663. The summed E-state index contributed by atoms with van der Waals surface area (Å²) in [5.41, 5.74) is 0. The van der Waals surface area contributed by atoms with Gasteiger partial charge in [-0.05, 0) is 25.7 Å². The van der Waals surface area contributed by atoms with Gasteiger partial charge in [-0.2, -0.15) is 0 Å². The van der Waals surface area contributed by atoms with Crippen molar-refractivity contribution in [1.29, 1.82) is 0 Å². The van der Waals surface area contributed by atoms with Crippen LogP contribution in [0.15, 0.2) is 0 Å². The second-order valence-corrected chi connectivity index (χ2v) is 8.15. The number of urea groups is 2. The van der Waals surface area contributed by atoms with Crippen molar-refractivity contribution in [3.63, 3.8) is 0 Å². The molecule has 2 saturated heterocycles. The van der Waals surface area contributed by atoms with Crippen molar-refractivity contribution in [2.24, 2.45) is 0 Å². The first-order valence-corrected chi connectivity index (χ1v) is 10.8. The number of rotatable bonds is 4. The van der Waals surface area contributed by atoms with Gasteiger partial charge in [-0.25, -0.2) is 9.59 Å². The molecule has 30 heavy (non-hydrogen) atoms. The third kappa shape index (κ3) is 4.75. The maximum Gasteiger partial charge on any atom is 0.326 e. The third-order valence-corrected chi connectivity index (χ3v) is 6.24. The molecule has 2 unspecified atom stereocenters. The van der Waals surface area contributed by atoms with E-state index >= 15 is 0 Å². The van der Waals surface area contributed by atoms with Crippen LogP contribution in [0.4, 0.5) is 9.59 Å². The molecule has 4 rings (SSSR count). The highest BCUT2D eigenvalue weighted by Crippen LogP contribution is 2.27. The SMILES string of the molecule is COC1C(=O)NC(=O)N1C1CCCCC1.COC1NC(=O)N(C2CCCCC2)C1=O. The third-order valence-electron chi connectivity index (χ3n) is 6.24. The van der Waals surface area contributed by atoms with Crippen molar-refractivity contribution in [2.45, 2.75) is 88.7 Å². The Hall–Kier alpha value is -2.20. The molecule has 10 nitrogen and oxygen atoms in total. The van der Waals surface area contributed by atoms with Gasteiger partial charge in [0.05, 0.1) is 0 Å². The minimum atomic E-state index is -0.778. The average molecular weight is 424 g/mol. The van der Waals surface area contributed by atoms with Crippen LogP contribution in [0.25, 0.3) is 0 Å². The molecule has 0 aromatic rings. The smallest absolute Gasteiger partial charge is 0.326 e. The highest BCUT2D eigenvalue weighted by Gasteiger charge is 2.43. The molecule has 2 heterocycles. The van der Waals surface area contributed by atoms with Crippen LogP contribution in [-0.4, -0.2) is 72.4 Å². The van der Waals surface area contributed by atoms with E-state index < -0.39 is 12.5 Å². The second kappa shape index (κ2) is 10.2. The standard InChI is InChI=1S/2C10H16N2O3/c1-15-8-9(13)12(10(14)11-8)7-5-3-2-4-6-7;1-15-9-8(13)11-10(14)12(9)7-5-3-2-4-6-7/h7-8H,2-6H2,1H3,(H,11,14);7,9H,2-6H2,1H3,(H,11,13,14). The number of nitrogens with one attached hydrogen (secondary N) is 2.